The molecule has 3 rings (SSSR count). The van der Waals surface area contributed by atoms with Gasteiger partial charge in [-0.1, -0.05) is 18.2 Å². The van der Waals surface area contributed by atoms with E-state index in [1.54, 1.807) is 30.3 Å². The van der Waals surface area contributed by atoms with Crippen LogP contribution in [0, 0.1) is 0 Å². The number of aromatic carboxylic acids is 1. The lowest BCUT2D eigenvalue weighted by molar-refractivity contribution is -0.130. The van der Waals surface area contributed by atoms with Gasteiger partial charge >= 0.3 is 5.97 Å². The molecule has 0 aromatic heterocycles. The number of nitrogens with one attached hydrogen (secondary N) is 2. The van der Waals surface area contributed by atoms with Crippen molar-refractivity contribution in [1.82, 2.24) is 5.32 Å². The molecule has 2 amide bonds. The molecule has 0 spiro atoms. The monoisotopic (exact) mass is 384 g/mol. The minimum Gasteiger partial charge on any atom is -0.496 e. The zero-order chi connectivity index (χ0) is 20.1. The predicted molar refractivity (Wildman–Crippen MR) is 101 cm³/mol. The van der Waals surface area contributed by atoms with Crippen LogP contribution in [0.15, 0.2) is 42.5 Å². The molecule has 0 bridgehead atoms. The van der Waals surface area contributed by atoms with Crippen molar-refractivity contribution in [3.63, 3.8) is 0 Å². The first kappa shape index (κ1) is 19.2. The summed E-state index contributed by atoms with van der Waals surface area (Å²) in [6, 6.07) is 11.6. The zero-order valence-electron chi connectivity index (χ0n) is 15.2. The van der Waals surface area contributed by atoms with Crippen LogP contribution in [-0.2, 0) is 16.0 Å². The number of amides is 2. The predicted octanol–water partition coefficient (Wildman–Crippen LogP) is 1.84. The summed E-state index contributed by atoms with van der Waals surface area (Å²) in [5.74, 6) is -0.741. The molecule has 8 heteroatoms. The van der Waals surface area contributed by atoms with Crippen molar-refractivity contribution in [2.24, 2.45) is 0 Å². The van der Waals surface area contributed by atoms with Crippen molar-refractivity contribution in [2.45, 2.75) is 18.9 Å². The van der Waals surface area contributed by atoms with Gasteiger partial charge in [0.25, 0.3) is 5.91 Å². The van der Waals surface area contributed by atoms with Crippen LogP contribution in [-0.4, -0.2) is 42.6 Å². The molecule has 1 atom stereocenters. The van der Waals surface area contributed by atoms with Crippen LogP contribution in [0.1, 0.15) is 22.3 Å². The molecule has 1 unspecified atom stereocenters. The SMILES string of the molecule is COc1cc(C(=O)O)ccc1CCNC(=O)CC1Oc2ccccc2NC1=O. The lowest BCUT2D eigenvalue weighted by Crippen LogP contribution is -2.41. The summed E-state index contributed by atoms with van der Waals surface area (Å²) in [5.41, 5.74) is 1.49. The number of anilines is 1. The molecule has 0 aliphatic carbocycles. The molecule has 0 saturated heterocycles. The van der Waals surface area contributed by atoms with E-state index in [1.807, 2.05) is 0 Å². The Bertz CT molecular complexity index is 911. The van der Waals surface area contributed by atoms with Gasteiger partial charge in [0.1, 0.15) is 11.5 Å². The number of hydrogen-bond donors (Lipinski definition) is 3. The van der Waals surface area contributed by atoms with E-state index >= 15 is 0 Å². The van der Waals surface area contributed by atoms with E-state index in [4.69, 9.17) is 14.6 Å². The summed E-state index contributed by atoms with van der Waals surface area (Å²) < 4.78 is 10.8. The van der Waals surface area contributed by atoms with Crippen LogP contribution in [0.2, 0.25) is 0 Å². The molecular weight excluding hydrogens is 364 g/mol. The highest BCUT2D eigenvalue weighted by Crippen LogP contribution is 2.29. The van der Waals surface area contributed by atoms with Gasteiger partial charge in [-0.15, -0.1) is 0 Å². The lowest BCUT2D eigenvalue weighted by Gasteiger charge is -2.25. The molecular formula is C20H20N2O6. The number of carbonyl (C=O) groups is 3. The van der Waals surface area contributed by atoms with E-state index in [0.717, 1.165) is 5.56 Å². The van der Waals surface area contributed by atoms with Gasteiger partial charge < -0.3 is 25.2 Å². The molecule has 3 N–H and O–H groups in total. The third-order valence-electron chi connectivity index (χ3n) is 4.33. The lowest BCUT2D eigenvalue weighted by atomic mass is 10.1. The Morgan fingerprint density at radius 2 is 2.04 bits per heavy atom. The zero-order valence-corrected chi connectivity index (χ0v) is 15.2. The fourth-order valence-electron chi connectivity index (χ4n) is 2.89. The topological polar surface area (TPSA) is 114 Å². The number of carboxylic acid groups (broad SMARTS) is 1. The number of benzene rings is 2. The third-order valence-corrected chi connectivity index (χ3v) is 4.33. The van der Waals surface area contributed by atoms with Gasteiger partial charge in [0.15, 0.2) is 6.10 Å². The quantitative estimate of drug-likeness (QED) is 0.671. The number of carboxylic acids is 1. The molecule has 28 heavy (non-hydrogen) atoms. The first-order valence-electron chi connectivity index (χ1n) is 8.71. The van der Waals surface area contributed by atoms with Gasteiger partial charge in [-0.25, -0.2) is 4.79 Å². The Balaban J connectivity index is 1.53. The Kier molecular flexibility index (Phi) is 5.78. The normalized spacial score (nSPS) is 15.0. The maximum absolute atomic E-state index is 12.2. The van der Waals surface area contributed by atoms with Crippen molar-refractivity contribution >= 4 is 23.5 Å². The van der Waals surface area contributed by atoms with Gasteiger partial charge in [0.05, 0.1) is 24.8 Å². The third kappa shape index (κ3) is 4.40. The van der Waals surface area contributed by atoms with Crippen LogP contribution in [0.5, 0.6) is 11.5 Å². The van der Waals surface area contributed by atoms with Crippen molar-refractivity contribution in [3.05, 3.63) is 53.6 Å². The second-order valence-electron chi connectivity index (χ2n) is 6.23. The van der Waals surface area contributed by atoms with Crippen LogP contribution in [0.3, 0.4) is 0 Å². The maximum Gasteiger partial charge on any atom is 0.335 e. The van der Waals surface area contributed by atoms with Gasteiger partial charge in [0.2, 0.25) is 5.91 Å². The minimum atomic E-state index is -1.04. The van der Waals surface area contributed by atoms with E-state index in [-0.39, 0.29) is 23.8 Å². The number of para-hydroxylation sites is 2. The number of rotatable bonds is 7. The van der Waals surface area contributed by atoms with Gasteiger partial charge in [-0.05, 0) is 36.2 Å². The fraction of sp³-hybridized carbons (Fsp3) is 0.250. The minimum absolute atomic E-state index is 0.102. The summed E-state index contributed by atoms with van der Waals surface area (Å²) in [4.78, 5) is 35.3. The summed E-state index contributed by atoms with van der Waals surface area (Å²) in [7, 11) is 1.46. The van der Waals surface area contributed by atoms with E-state index in [1.165, 1.54) is 19.2 Å². The molecule has 1 heterocycles. The van der Waals surface area contributed by atoms with Crippen molar-refractivity contribution < 1.29 is 29.0 Å². The molecule has 146 valence electrons. The molecule has 0 radical (unpaired) electrons. The smallest absolute Gasteiger partial charge is 0.335 e. The van der Waals surface area contributed by atoms with E-state index in [2.05, 4.69) is 10.6 Å². The summed E-state index contributed by atoms with van der Waals surface area (Å²) in [6.45, 7) is 0.312. The Hall–Kier alpha value is -3.55. The Morgan fingerprint density at radius 1 is 1.25 bits per heavy atom. The highest BCUT2D eigenvalue weighted by Gasteiger charge is 2.29. The van der Waals surface area contributed by atoms with Gasteiger partial charge in [-0.3, -0.25) is 9.59 Å². The first-order chi connectivity index (χ1) is 13.5. The van der Waals surface area contributed by atoms with Crippen LogP contribution >= 0.6 is 0 Å². The van der Waals surface area contributed by atoms with Crippen molar-refractivity contribution in [3.8, 4) is 11.5 Å². The largest absolute Gasteiger partial charge is 0.496 e. The molecule has 0 fully saturated rings. The van der Waals surface area contributed by atoms with E-state index in [9.17, 15) is 14.4 Å². The summed E-state index contributed by atoms with van der Waals surface area (Å²) in [6.07, 6.45) is -0.538. The average molecular weight is 384 g/mol. The average Bonchev–Trinajstić information content (AvgIpc) is 2.68. The van der Waals surface area contributed by atoms with Crippen LogP contribution in [0.4, 0.5) is 5.69 Å². The van der Waals surface area contributed by atoms with Crippen molar-refractivity contribution in [1.29, 1.82) is 0 Å². The highest BCUT2D eigenvalue weighted by molar-refractivity contribution is 5.99. The fourth-order valence-corrected chi connectivity index (χ4v) is 2.89. The van der Waals surface area contributed by atoms with Crippen molar-refractivity contribution in [2.75, 3.05) is 19.0 Å². The van der Waals surface area contributed by atoms with E-state index in [0.29, 0.717) is 30.2 Å². The maximum atomic E-state index is 12.2. The number of carbonyl (C=O) groups excluding carboxylic acids is 2. The second-order valence-corrected chi connectivity index (χ2v) is 6.23. The number of ether oxygens (including phenoxy) is 2. The molecule has 1 aliphatic heterocycles. The molecule has 2 aromatic rings. The second kappa shape index (κ2) is 8.43. The Labute approximate surface area is 161 Å². The number of hydrogen-bond acceptors (Lipinski definition) is 5. The van der Waals surface area contributed by atoms with Gasteiger partial charge in [0, 0.05) is 6.54 Å². The molecule has 0 saturated carbocycles. The first-order valence-corrected chi connectivity index (χ1v) is 8.71. The summed E-state index contributed by atoms with van der Waals surface area (Å²) in [5, 5.41) is 14.5. The standard InChI is InChI=1S/C20H20N2O6/c1-27-16-10-13(20(25)26)7-6-12(16)8-9-21-18(23)11-17-19(24)22-14-4-2-3-5-15(14)28-17/h2-7,10,17H,8-9,11H2,1H3,(H,21,23)(H,22,24)(H,25,26). The molecule has 8 nitrogen and oxygen atoms in total. The number of fused-ring (bicyclic) bond motifs is 1. The van der Waals surface area contributed by atoms with Gasteiger partial charge in [-0.2, -0.15) is 0 Å². The van der Waals surface area contributed by atoms with Crippen LogP contribution < -0.4 is 20.1 Å². The summed E-state index contributed by atoms with van der Waals surface area (Å²) >= 11 is 0. The Morgan fingerprint density at radius 3 is 2.79 bits per heavy atom. The molecule has 1 aliphatic rings. The van der Waals surface area contributed by atoms with E-state index < -0.39 is 12.1 Å². The number of methoxy groups -OCH3 is 1. The molecule has 2 aromatic carbocycles. The highest BCUT2D eigenvalue weighted by atomic mass is 16.5. The van der Waals surface area contributed by atoms with Crippen LogP contribution in [0.25, 0.3) is 0 Å².